The van der Waals surface area contributed by atoms with E-state index in [-0.39, 0.29) is 5.56 Å². The highest BCUT2D eigenvalue weighted by molar-refractivity contribution is 7.09. The highest BCUT2D eigenvalue weighted by Gasteiger charge is 2.15. The third kappa shape index (κ3) is 2.93. The summed E-state index contributed by atoms with van der Waals surface area (Å²) in [6, 6.07) is 3.59. The number of hydrogen-bond acceptors (Lipinski definition) is 4. The monoisotopic (exact) mass is 275 g/mol. The highest BCUT2D eigenvalue weighted by atomic mass is 32.1. The fourth-order valence-corrected chi connectivity index (χ4v) is 3.14. The van der Waals surface area contributed by atoms with Crippen molar-refractivity contribution in [1.29, 1.82) is 0 Å². The first-order valence-electron chi connectivity index (χ1n) is 6.55. The first-order chi connectivity index (χ1) is 9.20. The van der Waals surface area contributed by atoms with E-state index < -0.39 is 0 Å². The predicted octanol–water partition coefficient (Wildman–Crippen LogP) is 1.74. The van der Waals surface area contributed by atoms with Crippen molar-refractivity contribution in [3.05, 3.63) is 49.8 Å². The molecule has 2 aromatic heterocycles. The summed E-state index contributed by atoms with van der Waals surface area (Å²) in [5.74, 6) is 0. The lowest BCUT2D eigenvalue weighted by molar-refractivity contribution is 0.276. The SMILES string of the molecule is Cc1nc(CN2CCc3ccc(=O)[nH]c3CC2)cs1. The zero-order valence-corrected chi connectivity index (χ0v) is 11.8. The van der Waals surface area contributed by atoms with Gasteiger partial charge in [-0.3, -0.25) is 9.69 Å². The summed E-state index contributed by atoms with van der Waals surface area (Å²) in [6.07, 6.45) is 1.91. The van der Waals surface area contributed by atoms with Gasteiger partial charge < -0.3 is 4.98 Å². The molecule has 0 aromatic carbocycles. The zero-order valence-electron chi connectivity index (χ0n) is 11.0. The largest absolute Gasteiger partial charge is 0.326 e. The molecule has 1 N–H and O–H groups in total. The maximum atomic E-state index is 11.4. The second-order valence-electron chi connectivity index (χ2n) is 4.96. The van der Waals surface area contributed by atoms with E-state index in [2.05, 4.69) is 20.2 Å². The van der Waals surface area contributed by atoms with Crippen LogP contribution in [0.1, 0.15) is 22.0 Å². The second-order valence-corrected chi connectivity index (χ2v) is 6.02. The van der Waals surface area contributed by atoms with Gasteiger partial charge in [0.15, 0.2) is 0 Å². The first kappa shape index (κ1) is 12.6. The number of nitrogens with one attached hydrogen (secondary N) is 1. The average Bonchev–Trinajstić information content (AvgIpc) is 2.68. The summed E-state index contributed by atoms with van der Waals surface area (Å²) in [7, 11) is 0. The molecule has 0 atom stereocenters. The van der Waals surface area contributed by atoms with E-state index in [9.17, 15) is 4.79 Å². The summed E-state index contributed by atoms with van der Waals surface area (Å²) in [5, 5.41) is 3.26. The van der Waals surface area contributed by atoms with Crippen molar-refractivity contribution in [2.45, 2.75) is 26.3 Å². The first-order valence-corrected chi connectivity index (χ1v) is 7.43. The minimum atomic E-state index is 0.00215. The molecule has 4 nitrogen and oxygen atoms in total. The minimum absolute atomic E-state index is 0.00215. The van der Waals surface area contributed by atoms with Crippen molar-refractivity contribution in [1.82, 2.24) is 14.9 Å². The molecule has 3 rings (SSSR count). The van der Waals surface area contributed by atoms with E-state index in [1.165, 1.54) is 5.56 Å². The van der Waals surface area contributed by atoms with Crippen molar-refractivity contribution in [2.75, 3.05) is 13.1 Å². The average molecular weight is 275 g/mol. The molecule has 1 aliphatic rings. The number of hydrogen-bond donors (Lipinski definition) is 1. The Morgan fingerprint density at radius 3 is 3.00 bits per heavy atom. The molecule has 0 aliphatic carbocycles. The van der Waals surface area contributed by atoms with Crippen LogP contribution >= 0.6 is 11.3 Å². The Balaban J connectivity index is 1.71. The molecule has 0 saturated heterocycles. The number of aromatic nitrogens is 2. The highest BCUT2D eigenvalue weighted by Crippen LogP contribution is 2.15. The van der Waals surface area contributed by atoms with Gasteiger partial charge in [0.25, 0.3) is 0 Å². The van der Waals surface area contributed by atoms with Gasteiger partial charge in [0, 0.05) is 43.2 Å². The Labute approximate surface area is 116 Å². The van der Waals surface area contributed by atoms with Crippen LogP contribution in [0.3, 0.4) is 0 Å². The normalized spacial score (nSPS) is 16.1. The summed E-state index contributed by atoms with van der Waals surface area (Å²) < 4.78 is 0. The van der Waals surface area contributed by atoms with Crippen LogP contribution in [0.2, 0.25) is 0 Å². The summed E-state index contributed by atoms with van der Waals surface area (Å²) in [4.78, 5) is 21.2. The van der Waals surface area contributed by atoms with E-state index in [4.69, 9.17) is 0 Å². The van der Waals surface area contributed by atoms with Crippen LogP contribution in [0.25, 0.3) is 0 Å². The van der Waals surface area contributed by atoms with Gasteiger partial charge in [-0.15, -0.1) is 11.3 Å². The van der Waals surface area contributed by atoms with Crippen LogP contribution < -0.4 is 5.56 Å². The van der Waals surface area contributed by atoms with Gasteiger partial charge in [0.1, 0.15) is 0 Å². The maximum Gasteiger partial charge on any atom is 0.248 e. The van der Waals surface area contributed by atoms with Crippen molar-refractivity contribution >= 4 is 11.3 Å². The molecule has 0 bridgehead atoms. The van der Waals surface area contributed by atoms with Crippen LogP contribution in [0, 0.1) is 6.92 Å². The summed E-state index contributed by atoms with van der Waals surface area (Å²) in [6.45, 7) is 4.94. The molecule has 5 heteroatoms. The Morgan fingerprint density at radius 1 is 1.37 bits per heavy atom. The molecule has 0 saturated carbocycles. The molecule has 2 aromatic rings. The molecule has 0 unspecified atom stereocenters. The molecule has 0 spiro atoms. The smallest absolute Gasteiger partial charge is 0.248 e. The number of thiazole rings is 1. The molecule has 0 fully saturated rings. The number of pyridine rings is 1. The van der Waals surface area contributed by atoms with Crippen molar-refractivity contribution in [2.24, 2.45) is 0 Å². The number of aryl methyl sites for hydroxylation is 1. The van der Waals surface area contributed by atoms with E-state index in [1.54, 1.807) is 17.4 Å². The molecule has 0 radical (unpaired) electrons. The van der Waals surface area contributed by atoms with Crippen LogP contribution in [0.4, 0.5) is 0 Å². The Kier molecular flexibility index (Phi) is 3.48. The van der Waals surface area contributed by atoms with E-state index >= 15 is 0 Å². The van der Waals surface area contributed by atoms with Gasteiger partial charge in [0.05, 0.1) is 10.7 Å². The van der Waals surface area contributed by atoms with Crippen LogP contribution in [-0.4, -0.2) is 28.0 Å². The van der Waals surface area contributed by atoms with Gasteiger partial charge in [-0.05, 0) is 18.9 Å². The van der Waals surface area contributed by atoms with Crippen LogP contribution in [-0.2, 0) is 19.4 Å². The number of H-pyrrole nitrogens is 1. The van der Waals surface area contributed by atoms with Crippen molar-refractivity contribution in [3.8, 4) is 0 Å². The zero-order chi connectivity index (χ0) is 13.2. The number of fused-ring (bicyclic) bond motifs is 1. The van der Waals surface area contributed by atoms with E-state index in [0.717, 1.165) is 48.9 Å². The topological polar surface area (TPSA) is 49.0 Å². The quantitative estimate of drug-likeness (QED) is 0.908. The standard InChI is InChI=1S/C14H17N3OS/c1-10-15-12(9-19-10)8-17-6-4-11-2-3-14(18)16-13(11)5-7-17/h2-3,9H,4-8H2,1H3,(H,16,18). The summed E-state index contributed by atoms with van der Waals surface area (Å²) in [5.41, 5.74) is 3.53. The maximum absolute atomic E-state index is 11.4. The van der Waals surface area contributed by atoms with Crippen molar-refractivity contribution < 1.29 is 0 Å². The van der Waals surface area contributed by atoms with Gasteiger partial charge in [-0.1, -0.05) is 6.07 Å². The van der Waals surface area contributed by atoms with Crippen LogP contribution in [0.15, 0.2) is 22.3 Å². The Bertz CT molecular complexity index is 632. The number of aromatic amines is 1. The Morgan fingerprint density at radius 2 is 2.21 bits per heavy atom. The predicted molar refractivity (Wildman–Crippen MR) is 76.6 cm³/mol. The third-order valence-corrected chi connectivity index (χ3v) is 4.35. The van der Waals surface area contributed by atoms with Gasteiger partial charge in [-0.25, -0.2) is 4.98 Å². The van der Waals surface area contributed by atoms with E-state index in [1.807, 2.05) is 13.0 Å². The third-order valence-electron chi connectivity index (χ3n) is 3.53. The molecular weight excluding hydrogens is 258 g/mol. The van der Waals surface area contributed by atoms with Crippen molar-refractivity contribution in [3.63, 3.8) is 0 Å². The van der Waals surface area contributed by atoms with Gasteiger partial charge in [0.2, 0.25) is 5.56 Å². The molecule has 0 amide bonds. The second kappa shape index (κ2) is 5.27. The molecule has 100 valence electrons. The Hall–Kier alpha value is -1.46. The van der Waals surface area contributed by atoms with Crippen LogP contribution in [0.5, 0.6) is 0 Å². The molecule has 1 aliphatic heterocycles. The van der Waals surface area contributed by atoms with E-state index in [0.29, 0.717) is 0 Å². The lowest BCUT2D eigenvalue weighted by atomic mass is 10.1. The fourth-order valence-electron chi connectivity index (χ4n) is 2.53. The number of rotatable bonds is 2. The fraction of sp³-hybridized carbons (Fsp3) is 0.429. The number of nitrogens with zero attached hydrogens (tertiary/aromatic N) is 2. The molecule has 3 heterocycles. The molecule has 19 heavy (non-hydrogen) atoms. The minimum Gasteiger partial charge on any atom is -0.326 e. The van der Waals surface area contributed by atoms with Gasteiger partial charge >= 0.3 is 0 Å². The van der Waals surface area contributed by atoms with Gasteiger partial charge in [-0.2, -0.15) is 0 Å². The lowest BCUT2D eigenvalue weighted by Gasteiger charge is -2.17. The summed E-state index contributed by atoms with van der Waals surface area (Å²) >= 11 is 1.70. The lowest BCUT2D eigenvalue weighted by Crippen LogP contribution is -2.26. The molecular formula is C14H17N3OS.